The van der Waals surface area contributed by atoms with Gasteiger partial charge >= 0.3 is 6.03 Å². The number of urea groups is 1. The predicted octanol–water partition coefficient (Wildman–Crippen LogP) is 1.91. The van der Waals surface area contributed by atoms with Crippen molar-refractivity contribution in [3.8, 4) is 0 Å². The molecule has 0 radical (unpaired) electrons. The van der Waals surface area contributed by atoms with E-state index < -0.39 is 23.8 Å². The molecule has 204 valence electrons. The lowest BCUT2D eigenvalue weighted by molar-refractivity contribution is -0.130. The monoisotopic (exact) mass is 589 g/mol. The average Bonchev–Trinajstić information content (AvgIpc) is 3.40. The van der Waals surface area contributed by atoms with Gasteiger partial charge in [-0.05, 0) is 53.4 Å². The van der Waals surface area contributed by atoms with Crippen LogP contribution in [0, 0.1) is 0 Å². The van der Waals surface area contributed by atoms with Crippen molar-refractivity contribution in [1.82, 2.24) is 25.5 Å². The largest absolute Gasteiger partial charge is 0.370 e. The molecule has 0 bridgehead atoms. The van der Waals surface area contributed by atoms with Gasteiger partial charge in [-0.1, -0.05) is 6.07 Å². The van der Waals surface area contributed by atoms with E-state index in [0.29, 0.717) is 47.1 Å². The molecular formula is C24H32BrN9O4. The fraction of sp³-hybridized carbons (Fsp3) is 0.417. The third-order valence-electron chi connectivity index (χ3n) is 5.55. The van der Waals surface area contributed by atoms with Crippen LogP contribution in [0.1, 0.15) is 32.6 Å². The first-order valence-electron chi connectivity index (χ1n) is 12.2. The fourth-order valence-electron chi connectivity index (χ4n) is 3.76. The molecule has 1 fully saturated rings. The van der Waals surface area contributed by atoms with Gasteiger partial charge in [-0.25, -0.2) is 9.78 Å². The van der Waals surface area contributed by atoms with Gasteiger partial charge in [0, 0.05) is 50.7 Å². The van der Waals surface area contributed by atoms with Crippen molar-refractivity contribution >= 4 is 62.8 Å². The summed E-state index contributed by atoms with van der Waals surface area (Å²) in [5, 5.41) is 14.3. The molecule has 5 amide bonds. The SMILES string of the molecule is CC(=O)N[C@@H](CC(N)=O)C(=O)NCCCNc1nc(Nc2cccc(NC(=O)N3CCCC3)c2)ncc1Br. The van der Waals surface area contributed by atoms with Crippen LogP contribution in [0.15, 0.2) is 34.9 Å². The van der Waals surface area contributed by atoms with Crippen molar-refractivity contribution < 1.29 is 19.2 Å². The summed E-state index contributed by atoms with van der Waals surface area (Å²) in [5.74, 6) is -0.678. The molecule has 0 aliphatic carbocycles. The van der Waals surface area contributed by atoms with Crippen molar-refractivity contribution in [1.29, 1.82) is 0 Å². The van der Waals surface area contributed by atoms with E-state index in [-0.39, 0.29) is 12.5 Å². The van der Waals surface area contributed by atoms with Gasteiger partial charge in [0.15, 0.2) is 0 Å². The average molecular weight is 590 g/mol. The highest BCUT2D eigenvalue weighted by molar-refractivity contribution is 9.10. The third-order valence-corrected chi connectivity index (χ3v) is 6.13. The lowest BCUT2D eigenvalue weighted by Gasteiger charge is -2.17. The molecule has 1 aliphatic rings. The number of carbonyl (C=O) groups excluding carboxylic acids is 4. The predicted molar refractivity (Wildman–Crippen MR) is 147 cm³/mol. The zero-order valence-corrected chi connectivity index (χ0v) is 22.6. The van der Waals surface area contributed by atoms with E-state index >= 15 is 0 Å². The molecule has 1 saturated heterocycles. The van der Waals surface area contributed by atoms with Crippen LogP contribution < -0.4 is 32.3 Å². The number of nitrogens with two attached hydrogens (primary N) is 1. The molecule has 7 N–H and O–H groups in total. The first-order valence-corrected chi connectivity index (χ1v) is 13.0. The number of primary amides is 1. The molecule has 3 rings (SSSR count). The Hall–Kier alpha value is -3.94. The zero-order chi connectivity index (χ0) is 27.5. The minimum atomic E-state index is -1.00. The van der Waals surface area contributed by atoms with E-state index in [0.717, 1.165) is 25.9 Å². The Balaban J connectivity index is 1.49. The Morgan fingerprint density at radius 3 is 2.58 bits per heavy atom. The van der Waals surface area contributed by atoms with Crippen LogP contribution in [0.5, 0.6) is 0 Å². The van der Waals surface area contributed by atoms with Crippen molar-refractivity contribution in [2.24, 2.45) is 5.73 Å². The Kier molecular flexibility index (Phi) is 10.6. The van der Waals surface area contributed by atoms with E-state index in [1.54, 1.807) is 11.1 Å². The molecule has 14 heteroatoms. The molecule has 1 aliphatic heterocycles. The highest BCUT2D eigenvalue weighted by Gasteiger charge is 2.21. The van der Waals surface area contributed by atoms with Gasteiger partial charge in [-0.15, -0.1) is 0 Å². The summed E-state index contributed by atoms with van der Waals surface area (Å²) in [6, 6.07) is 6.18. The number of likely N-dealkylation sites (tertiary alicyclic amines) is 1. The first kappa shape index (κ1) is 28.6. The summed E-state index contributed by atoms with van der Waals surface area (Å²) in [6.07, 6.45) is 3.93. The summed E-state index contributed by atoms with van der Waals surface area (Å²) >= 11 is 3.42. The Morgan fingerprint density at radius 1 is 1.13 bits per heavy atom. The van der Waals surface area contributed by atoms with Gasteiger partial charge in [0.2, 0.25) is 23.7 Å². The zero-order valence-electron chi connectivity index (χ0n) is 21.1. The summed E-state index contributed by atoms with van der Waals surface area (Å²) in [7, 11) is 0. The second-order valence-corrected chi connectivity index (χ2v) is 9.57. The highest BCUT2D eigenvalue weighted by atomic mass is 79.9. The van der Waals surface area contributed by atoms with Gasteiger partial charge < -0.3 is 37.2 Å². The number of benzene rings is 1. The van der Waals surface area contributed by atoms with Crippen LogP contribution in [-0.2, 0) is 14.4 Å². The van der Waals surface area contributed by atoms with Crippen LogP contribution in [-0.4, -0.2) is 70.8 Å². The van der Waals surface area contributed by atoms with E-state index in [1.807, 2.05) is 24.3 Å². The number of aromatic nitrogens is 2. The van der Waals surface area contributed by atoms with E-state index in [4.69, 9.17) is 5.73 Å². The maximum Gasteiger partial charge on any atom is 0.321 e. The Morgan fingerprint density at radius 2 is 1.87 bits per heavy atom. The number of nitrogens with zero attached hydrogens (tertiary/aromatic N) is 3. The van der Waals surface area contributed by atoms with Crippen molar-refractivity contribution in [3.05, 3.63) is 34.9 Å². The van der Waals surface area contributed by atoms with Gasteiger partial charge in [-0.2, -0.15) is 4.98 Å². The van der Waals surface area contributed by atoms with Crippen LogP contribution in [0.25, 0.3) is 0 Å². The van der Waals surface area contributed by atoms with E-state index in [1.165, 1.54) is 6.92 Å². The van der Waals surface area contributed by atoms with E-state index in [9.17, 15) is 19.2 Å². The van der Waals surface area contributed by atoms with Crippen LogP contribution in [0.3, 0.4) is 0 Å². The number of carbonyl (C=O) groups is 4. The third kappa shape index (κ3) is 9.18. The van der Waals surface area contributed by atoms with Crippen molar-refractivity contribution in [2.45, 2.75) is 38.6 Å². The summed E-state index contributed by atoms with van der Waals surface area (Å²) in [4.78, 5) is 57.6. The molecule has 1 atom stereocenters. The minimum Gasteiger partial charge on any atom is -0.370 e. The standard InChI is InChI=1S/C24H32BrN9O4/c1-15(35)30-19(13-20(26)36)22(37)28-9-5-8-27-21-18(25)14-29-23(33-21)31-16-6-4-7-17(12-16)32-24(38)34-10-2-3-11-34/h4,6-7,12,14,19H,2-3,5,8-11,13H2,1H3,(H2,26,36)(H,28,37)(H,30,35)(H,32,38)(H2,27,29,31,33)/t19-/m0/s1. The maximum absolute atomic E-state index is 12.4. The molecule has 38 heavy (non-hydrogen) atoms. The maximum atomic E-state index is 12.4. The molecule has 0 spiro atoms. The molecule has 2 heterocycles. The molecule has 13 nitrogen and oxygen atoms in total. The summed E-state index contributed by atoms with van der Waals surface area (Å²) < 4.78 is 0.658. The lowest BCUT2D eigenvalue weighted by atomic mass is 10.2. The minimum absolute atomic E-state index is 0.110. The number of hydrogen-bond acceptors (Lipinski definition) is 8. The van der Waals surface area contributed by atoms with Gasteiger partial charge in [0.05, 0.1) is 10.9 Å². The number of nitrogens with one attached hydrogen (secondary N) is 5. The Bertz CT molecular complexity index is 1140. The van der Waals surface area contributed by atoms with E-state index in [2.05, 4.69) is 52.5 Å². The smallest absolute Gasteiger partial charge is 0.321 e. The quantitative estimate of drug-likeness (QED) is 0.203. The van der Waals surface area contributed by atoms with Gasteiger partial charge in [-0.3, -0.25) is 14.4 Å². The molecule has 0 unspecified atom stereocenters. The number of anilines is 4. The van der Waals surface area contributed by atoms with Gasteiger partial charge in [0.25, 0.3) is 0 Å². The van der Waals surface area contributed by atoms with Crippen LogP contribution >= 0.6 is 15.9 Å². The molecule has 2 aromatic rings. The van der Waals surface area contributed by atoms with Gasteiger partial charge in [0.1, 0.15) is 11.9 Å². The van der Waals surface area contributed by atoms with Crippen LogP contribution in [0.4, 0.5) is 27.9 Å². The molecular weight excluding hydrogens is 558 g/mol. The first-order chi connectivity index (χ1) is 18.2. The lowest BCUT2D eigenvalue weighted by Crippen LogP contribution is -2.48. The highest BCUT2D eigenvalue weighted by Crippen LogP contribution is 2.23. The number of halogens is 1. The number of rotatable bonds is 12. The second kappa shape index (κ2) is 14.1. The molecule has 0 saturated carbocycles. The van der Waals surface area contributed by atoms with Crippen molar-refractivity contribution in [2.75, 3.05) is 42.1 Å². The van der Waals surface area contributed by atoms with Crippen LogP contribution in [0.2, 0.25) is 0 Å². The Labute approximate surface area is 228 Å². The molecule has 1 aromatic heterocycles. The second-order valence-electron chi connectivity index (χ2n) is 8.72. The normalized spacial score (nSPS) is 13.4. The topological polar surface area (TPSA) is 183 Å². The fourth-order valence-corrected chi connectivity index (χ4v) is 4.09. The molecule has 1 aromatic carbocycles. The number of hydrogen-bond donors (Lipinski definition) is 6. The summed E-state index contributed by atoms with van der Waals surface area (Å²) in [6.45, 7) is 3.59. The van der Waals surface area contributed by atoms with Crippen molar-refractivity contribution in [3.63, 3.8) is 0 Å². The number of amides is 5. The summed E-state index contributed by atoms with van der Waals surface area (Å²) in [5.41, 5.74) is 6.53.